The molecule has 5 heteroatoms. The third kappa shape index (κ3) is 2.04. The highest BCUT2D eigenvalue weighted by Crippen LogP contribution is 2.28. The fourth-order valence-electron chi connectivity index (χ4n) is 1.37. The molecule has 5 nitrogen and oxygen atoms in total. The number of hydrogen-bond donors (Lipinski definition) is 1. The molecule has 0 unspecified atom stereocenters. The van der Waals surface area contributed by atoms with Crippen molar-refractivity contribution in [3.8, 4) is 17.2 Å². The molecule has 84 valence electrons. The number of hydrogen-bond acceptors (Lipinski definition) is 5. The fraction of sp³-hybridized carbons (Fsp3) is 0.273. The molecule has 0 saturated carbocycles. The highest BCUT2D eigenvalue weighted by atomic mass is 16.5. The van der Waals surface area contributed by atoms with Gasteiger partial charge in [0.1, 0.15) is 12.4 Å². The third-order valence-corrected chi connectivity index (χ3v) is 2.13. The molecular formula is C11H12N2O3. The second-order valence-electron chi connectivity index (χ2n) is 3.47. The van der Waals surface area contributed by atoms with Crippen molar-refractivity contribution >= 4 is 0 Å². The number of methoxy groups -OCH3 is 1. The van der Waals surface area contributed by atoms with Crippen molar-refractivity contribution in [3.05, 3.63) is 29.6 Å². The first-order chi connectivity index (χ1) is 7.70. The van der Waals surface area contributed by atoms with E-state index in [1.807, 2.05) is 13.0 Å². The molecular weight excluding hydrogens is 208 g/mol. The Kier molecular flexibility index (Phi) is 2.87. The van der Waals surface area contributed by atoms with Gasteiger partial charge in [-0.3, -0.25) is 0 Å². The largest absolute Gasteiger partial charge is 0.507 e. The summed E-state index contributed by atoms with van der Waals surface area (Å²) in [4.78, 5) is 4.10. The fourth-order valence-corrected chi connectivity index (χ4v) is 1.37. The second-order valence-corrected chi connectivity index (χ2v) is 3.47. The topological polar surface area (TPSA) is 68.4 Å². The molecule has 2 rings (SSSR count). The molecule has 0 amide bonds. The first-order valence-corrected chi connectivity index (χ1v) is 4.82. The van der Waals surface area contributed by atoms with Gasteiger partial charge in [0.05, 0.1) is 5.56 Å². The van der Waals surface area contributed by atoms with Crippen LogP contribution in [0.25, 0.3) is 11.5 Å². The monoisotopic (exact) mass is 220 g/mol. The van der Waals surface area contributed by atoms with Gasteiger partial charge in [0, 0.05) is 7.11 Å². The molecule has 1 N–H and O–H groups in total. The molecule has 0 spiro atoms. The number of ether oxygens (including phenoxy) is 1. The predicted octanol–water partition coefficient (Wildman–Crippen LogP) is 1.90. The molecule has 1 aromatic carbocycles. The van der Waals surface area contributed by atoms with Crippen LogP contribution in [0.1, 0.15) is 11.4 Å². The van der Waals surface area contributed by atoms with Gasteiger partial charge in [-0.1, -0.05) is 11.2 Å². The summed E-state index contributed by atoms with van der Waals surface area (Å²) in [6.45, 7) is 2.18. The van der Waals surface area contributed by atoms with Crippen LogP contribution in [0.5, 0.6) is 5.75 Å². The zero-order chi connectivity index (χ0) is 11.5. The summed E-state index contributed by atoms with van der Waals surface area (Å²) in [5.41, 5.74) is 1.50. The lowest BCUT2D eigenvalue weighted by Gasteiger charge is -1.99. The number of aromatic nitrogens is 2. The van der Waals surface area contributed by atoms with E-state index in [2.05, 4.69) is 10.1 Å². The number of phenolic OH excluding ortho intramolecular Hbond substituents is 1. The van der Waals surface area contributed by atoms with Gasteiger partial charge < -0.3 is 14.4 Å². The first kappa shape index (κ1) is 10.6. The summed E-state index contributed by atoms with van der Waals surface area (Å²) >= 11 is 0. The van der Waals surface area contributed by atoms with E-state index in [0.29, 0.717) is 17.3 Å². The average molecular weight is 220 g/mol. The highest BCUT2D eigenvalue weighted by molar-refractivity contribution is 5.62. The summed E-state index contributed by atoms with van der Waals surface area (Å²) in [5.74, 6) is 0.884. The third-order valence-electron chi connectivity index (χ3n) is 2.13. The van der Waals surface area contributed by atoms with Crippen LogP contribution in [-0.4, -0.2) is 22.4 Å². The van der Waals surface area contributed by atoms with E-state index < -0.39 is 0 Å². The summed E-state index contributed by atoms with van der Waals surface area (Å²) in [6, 6.07) is 5.26. The van der Waals surface area contributed by atoms with Gasteiger partial charge in [0.15, 0.2) is 5.82 Å². The smallest absolute Gasteiger partial charge is 0.261 e. The number of rotatable bonds is 3. The van der Waals surface area contributed by atoms with Gasteiger partial charge in [-0.2, -0.15) is 4.98 Å². The molecule has 1 heterocycles. The summed E-state index contributed by atoms with van der Waals surface area (Å²) < 4.78 is 9.90. The van der Waals surface area contributed by atoms with Crippen LogP contribution in [0.2, 0.25) is 0 Å². The molecule has 0 aliphatic rings. The van der Waals surface area contributed by atoms with Gasteiger partial charge in [-0.25, -0.2) is 0 Å². The number of phenols is 1. The van der Waals surface area contributed by atoms with Crippen molar-refractivity contribution in [2.45, 2.75) is 13.5 Å². The van der Waals surface area contributed by atoms with Crippen molar-refractivity contribution in [1.29, 1.82) is 0 Å². The molecule has 0 aliphatic heterocycles. The zero-order valence-electron chi connectivity index (χ0n) is 9.10. The number of aryl methyl sites for hydroxylation is 1. The van der Waals surface area contributed by atoms with E-state index in [1.54, 1.807) is 19.2 Å². The van der Waals surface area contributed by atoms with Crippen LogP contribution in [-0.2, 0) is 11.3 Å². The molecule has 2 aromatic rings. The zero-order valence-corrected chi connectivity index (χ0v) is 9.10. The van der Waals surface area contributed by atoms with Crippen LogP contribution in [0.15, 0.2) is 22.7 Å². The Labute approximate surface area is 92.7 Å². The number of benzene rings is 1. The summed E-state index contributed by atoms with van der Waals surface area (Å²) in [7, 11) is 1.55. The van der Waals surface area contributed by atoms with E-state index in [-0.39, 0.29) is 12.4 Å². The standard InChI is InChI=1S/C11H12N2O3/c1-7-3-4-8(9(14)5-7)11-12-10(6-15-2)13-16-11/h3-5,14H,6H2,1-2H3. The predicted molar refractivity (Wildman–Crippen MR) is 56.8 cm³/mol. The minimum absolute atomic E-state index is 0.132. The lowest BCUT2D eigenvalue weighted by Crippen LogP contribution is -1.89. The van der Waals surface area contributed by atoms with Crippen LogP contribution in [0.4, 0.5) is 0 Å². The summed E-state index contributed by atoms with van der Waals surface area (Å²) in [5, 5.41) is 13.4. The molecule has 0 bridgehead atoms. The Morgan fingerprint density at radius 2 is 2.25 bits per heavy atom. The van der Waals surface area contributed by atoms with Gasteiger partial charge >= 0.3 is 0 Å². The van der Waals surface area contributed by atoms with Crippen molar-refractivity contribution < 1.29 is 14.4 Å². The molecule has 0 aliphatic carbocycles. The molecule has 0 atom stereocenters. The first-order valence-electron chi connectivity index (χ1n) is 4.82. The normalized spacial score (nSPS) is 10.6. The van der Waals surface area contributed by atoms with Crippen molar-refractivity contribution in [3.63, 3.8) is 0 Å². The maximum Gasteiger partial charge on any atom is 0.261 e. The van der Waals surface area contributed by atoms with Gasteiger partial charge in [0.25, 0.3) is 5.89 Å². The van der Waals surface area contributed by atoms with Crippen molar-refractivity contribution in [2.75, 3.05) is 7.11 Å². The Morgan fingerprint density at radius 1 is 1.44 bits per heavy atom. The Hall–Kier alpha value is -1.88. The van der Waals surface area contributed by atoms with Gasteiger partial charge in [-0.05, 0) is 24.6 Å². The quantitative estimate of drug-likeness (QED) is 0.855. The van der Waals surface area contributed by atoms with Crippen LogP contribution >= 0.6 is 0 Å². The van der Waals surface area contributed by atoms with E-state index in [1.165, 1.54) is 0 Å². The van der Waals surface area contributed by atoms with Gasteiger partial charge in [0.2, 0.25) is 0 Å². The molecule has 16 heavy (non-hydrogen) atoms. The van der Waals surface area contributed by atoms with Crippen molar-refractivity contribution in [2.24, 2.45) is 0 Å². The van der Waals surface area contributed by atoms with Crippen molar-refractivity contribution in [1.82, 2.24) is 10.1 Å². The molecule has 1 aromatic heterocycles. The minimum Gasteiger partial charge on any atom is -0.507 e. The average Bonchev–Trinajstić information content (AvgIpc) is 2.67. The van der Waals surface area contributed by atoms with Crippen LogP contribution < -0.4 is 0 Å². The van der Waals surface area contributed by atoms with E-state index in [0.717, 1.165) is 5.56 Å². The molecule has 0 radical (unpaired) electrons. The minimum atomic E-state index is 0.132. The van der Waals surface area contributed by atoms with E-state index >= 15 is 0 Å². The SMILES string of the molecule is COCc1noc(-c2ccc(C)cc2O)n1. The number of nitrogens with zero attached hydrogens (tertiary/aromatic N) is 2. The van der Waals surface area contributed by atoms with Gasteiger partial charge in [-0.15, -0.1) is 0 Å². The molecule has 0 fully saturated rings. The maximum absolute atomic E-state index is 9.72. The lowest BCUT2D eigenvalue weighted by molar-refractivity contribution is 0.174. The van der Waals surface area contributed by atoms with E-state index in [4.69, 9.17) is 9.26 Å². The maximum atomic E-state index is 9.72. The lowest BCUT2D eigenvalue weighted by atomic mass is 10.1. The Balaban J connectivity index is 2.35. The van der Waals surface area contributed by atoms with E-state index in [9.17, 15) is 5.11 Å². The number of aromatic hydroxyl groups is 1. The Bertz CT molecular complexity index is 494. The summed E-state index contributed by atoms with van der Waals surface area (Å²) in [6.07, 6.45) is 0. The van der Waals surface area contributed by atoms with Crippen LogP contribution in [0.3, 0.4) is 0 Å². The second kappa shape index (κ2) is 4.32. The Morgan fingerprint density at radius 3 is 2.94 bits per heavy atom. The van der Waals surface area contributed by atoms with Crippen LogP contribution in [0, 0.1) is 6.92 Å². The highest BCUT2D eigenvalue weighted by Gasteiger charge is 2.12. The molecule has 0 saturated heterocycles.